The van der Waals surface area contributed by atoms with Gasteiger partial charge in [0.25, 0.3) is 0 Å². The third-order valence-corrected chi connectivity index (χ3v) is 3.74. The van der Waals surface area contributed by atoms with E-state index in [1.807, 2.05) is 6.07 Å². The molecule has 0 spiro atoms. The average Bonchev–Trinajstić information content (AvgIpc) is 3.11. The number of phenolic OH excluding ortho intramolecular Hbond substituents is 1. The normalized spacial score (nSPS) is 16.3. The highest BCUT2D eigenvalue weighted by Crippen LogP contribution is 2.48. The number of carbonyl (C=O) groups excluding carboxylic acids is 1. The fourth-order valence-corrected chi connectivity index (χ4v) is 2.40. The van der Waals surface area contributed by atoms with Crippen LogP contribution in [0.5, 0.6) is 5.75 Å². The van der Waals surface area contributed by atoms with Gasteiger partial charge < -0.3 is 10.4 Å². The summed E-state index contributed by atoms with van der Waals surface area (Å²) >= 11 is 0. The van der Waals surface area contributed by atoms with Crippen LogP contribution in [0.2, 0.25) is 0 Å². The lowest BCUT2D eigenvalue weighted by Gasteiger charge is -2.15. The topological polar surface area (TPSA) is 49.3 Å². The molecule has 0 unspecified atom stereocenters. The van der Waals surface area contributed by atoms with Crippen LogP contribution in [0.4, 0.5) is 0 Å². The highest BCUT2D eigenvalue weighted by atomic mass is 16.3. The second-order valence-corrected chi connectivity index (χ2v) is 5.33. The number of hydrogen-bond acceptors (Lipinski definition) is 2. The molecule has 0 aliphatic heterocycles. The van der Waals surface area contributed by atoms with Crippen LogP contribution >= 0.6 is 0 Å². The van der Waals surface area contributed by atoms with Crippen LogP contribution in [-0.4, -0.2) is 17.6 Å². The number of carbonyl (C=O) groups is 1. The van der Waals surface area contributed by atoms with Crippen molar-refractivity contribution in [2.75, 3.05) is 6.54 Å². The van der Waals surface area contributed by atoms with E-state index in [9.17, 15) is 9.90 Å². The van der Waals surface area contributed by atoms with E-state index in [1.165, 1.54) is 25.7 Å². The SMILES string of the molecule is CCCC1(CNC(=O)Cc2ccccc2O)CC1. The molecule has 2 N–H and O–H groups in total. The van der Waals surface area contributed by atoms with Gasteiger partial charge in [0.2, 0.25) is 5.91 Å². The highest BCUT2D eigenvalue weighted by molar-refractivity contribution is 5.79. The zero-order chi connectivity index (χ0) is 13.0. The van der Waals surface area contributed by atoms with Gasteiger partial charge in [0.05, 0.1) is 6.42 Å². The smallest absolute Gasteiger partial charge is 0.224 e. The van der Waals surface area contributed by atoms with E-state index in [-0.39, 0.29) is 18.1 Å². The van der Waals surface area contributed by atoms with Crippen molar-refractivity contribution in [3.05, 3.63) is 29.8 Å². The maximum absolute atomic E-state index is 11.8. The van der Waals surface area contributed by atoms with E-state index in [1.54, 1.807) is 18.2 Å². The van der Waals surface area contributed by atoms with Crippen molar-refractivity contribution >= 4 is 5.91 Å². The van der Waals surface area contributed by atoms with E-state index < -0.39 is 0 Å². The summed E-state index contributed by atoms with van der Waals surface area (Å²) in [5, 5.41) is 12.6. The molecule has 0 atom stereocenters. The lowest BCUT2D eigenvalue weighted by Crippen LogP contribution is -2.31. The van der Waals surface area contributed by atoms with Crippen LogP contribution in [-0.2, 0) is 11.2 Å². The Morgan fingerprint density at radius 1 is 1.39 bits per heavy atom. The molecule has 1 amide bonds. The molecule has 98 valence electrons. The number of aromatic hydroxyl groups is 1. The predicted octanol–water partition coefficient (Wildman–Crippen LogP) is 2.63. The molecule has 2 rings (SSSR count). The summed E-state index contributed by atoms with van der Waals surface area (Å²) in [5.74, 6) is 0.196. The molecule has 0 bridgehead atoms. The Morgan fingerprint density at radius 2 is 2.11 bits per heavy atom. The summed E-state index contributed by atoms with van der Waals surface area (Å²) in [5.41, 5.74) is 1.07. The molecule has 0 saturated heterocycles. The largest absolute Gasteiger partial charge is 0.508 e. The Balaban J connectivity index is 1.81. The number of amides is 1. The maximum atomic E-state index is 11.8. The molecule has 0 heterocycles. The Labute approximate surface area is 108 Å². The Morgan fingerprint density at radius 3 is 2.72 bits per heavy atom. The number of hydrogen-bond donors (Lipinski definition) is 2. The van der Waals surface area contributed by atoms with Crippen molar-refractivity contribution in [2.45, 2.75) is 39.0 Å². The van der Waals surface area contributed by atoms with E-state index in [4.69, 9.17) is 0 Å². The lowest BCUT2D eigenvalue weighted by atomic mass is 10.0. The number of nitrogens with one attached hydrogen (secondary N) is 1. The highest BCUT2D eigenvalue weighted by Gasteiger charge is 2.41. The Bertz CT molecular complexity index is 424. The first kappa shape index (κ1) is 12.9. The molecule has 1 aliphatic carbocycles. The minimum atomic E-state index is -0.00104. The number of benzene rings is 1. The molecule has 1 aliphatic rings. The summed E-state index contributed by atoms with van der Waals surface area (Å²) in [6.45, 7) is 2.97. The zero-order valence-electron chi connectivity index (χ0n) is 10.9. The Hall–Kier alpha value is -1.51. The molecule has 0 aromatic heterocycles. The van der Waals surface area contributed by atoms with Gasteiger partial charge in [0.15, 0.2) is 0 Å². The van der Waals surface area contributed by atoms with Crippen molar-refractivity contribution in [1.82, 2.24) is 5.32 Å². The second kappa shape index (κ2) is 5.42. The van der Waals surface area contributed by atoms with Gasteiger partial charge in [0, 0.05) is 12.1 Å². The van der Waals surface area contributed by atoms with Crippen LogP contribution in [0.15, 0.2) is 24.3 Å². The molecular formula is C15H21NO2. The van der Waals surface area contributed by atoms with Crippen LogP contribution in [0.3, 0.4) is 0 Å². The first-order valence-electron chi connectivity index (χ1n) is 6.69. The first-order valence-corrected chi connectivity index (χ1v) is 6.69. The minimum absolute atomic E-state index is 0.00104. The third kappa shape index (κ3) is 3.25. The van der Waals surface area contributed by atoms with Gasteiger partial charge in [-0.05, 0) is 30.7 Å². The van der Waals surface area contributed by atoms with Crippen molar-refractivity contribution < 1.29 is 9.90 Å². The van der Waals surface area contributed by atoms with Crippen LogP contribution < -0.4 is 5.32 Å². The molecule has 3 heteroatoms. The van der Waals surface area contributed by atoms with Gasteiger partial charge in [-0.2, -0.15) is 0 Å². The quantitative estimate of drug-likeness (QED) is 0.812. The van der Waals surface area contributed by atoms with Crippen molar-refractivity contribution in [3.63, 3.8) is 0 Å². The molecular weight excluding hydrogens is 226 g/mol. The van der Waals surface area contributed by atoms with Crippen molar-refractivity contribution in [1.29, 1.82) is 0 Å². The van der Waals surface area contributed by atoms with Gasteiger partial charge in [0.1, 0.15) is 5.75 Å². The van der Waals surface area contributed by atoms with Gasteiger partial charge >= 0.3 is 0 Å². The standard InChI is InChI=1S/C15H21NO2/c1-2-7-15(8-9-15)11-16-14(18)10-12-5-3-4-6-13(12)17/h3-6,17H,2,7-11H2,1H3,(H,16,18). The molecule has 0 radical (unpaired) electrons. The van der Waals surface area contributed by atoms with E-state index in [0.29, 0.717) is 11.0 Å². The second-order valence-electron chi connectivity index (χ2n) is 5.33. The third-order valence-electron chi connectivity index (χ3n) is 3.74. The predicted molar refractivity (Wildman–Crippen MR) is 71.4 cm³/mol. The maximum Gasteiger partial charge on any atom is 0.224 e. The summed E-state index contributed by atoms with van der Waals surface area (Å²) in [6.07, 6.45) is 5.10. The molecule has 18 heavy (non-hydrogen) atoms. The van der Waals surface area contributed by atoms with Crippen LogP contribution in [0.25, 0.3) is 0 Å². The monoisotopic (exact) mass is 247 g/mol. The van der Waals surface area contributed by atoms with Crippen molar-refractivity contribution in [3.8, 4) is 5.75 Å². The van der Waals surface area contributed by atoms with E-state index in [0.717, 1.165) is 6.54 Å². The Kier molecular flexibility index (Phi) is 3.90. The minimum Gasteiger partial charge on any atom is -0.508 e. The number of phenols is 1. The van der Waals surface area contributed by atoms with Crippen molar-refractivity contribution in [2.24, 2.45) is 5.41 Å². The van der Waals surface area contributed by atoms with Gasteiger partial charge in [-0.1, -0.05) is 31.5 Å². The lowest BCUT2D eigenvalue weighted by molar-refractivity contribution is -0.120. The molecule has 1 saturated carbocycles. The van der Waals surface area contributed by atoms with Gasteiger partial charge in [-0.15, -0.1) is 0 Å². The summed E-state index contributed by atoms with van der Waals surface area (Å²) in [6, 6.07) is 6.99. The van der Waals surface area contributed by atoms with Crippen LogP contribution in [0, 0.1) is 5.41 Å². The molecule has 1 aromatic rings. The first-order chi connectivity index (χ1) is 8.65. The van der Waals surface area contributed by atoms with Gasteiger partial charge in [-0.3, -0.25) is 4.79 Å². The van der Waals surface area contributed by atoms with E-state index >= 15 is 0 Å². The zero-order valence-corrected chi connectivity index (χ0v) is 10.9. The van der Waals surface area contributed by atoms with Gasteiger partial charge in [-0.25, -0.2) is 0 Å². The van der Waals surface area contributed by atoms with Crippen LogP contribution in [0.1, 0.15) is 38.2 Å². The average molecular weight is 247 g/mol. The molecule has 1 fully saturated rings. The summed E-state index contributed by atoms with van der Waals surface area (Å²) in [4.78, 5) is 11.8. The van der Waals surface area contributed by atoms with E-state index in [2.05, 4.69) is 12.2 Å². The molecule has 1 aromatic carbocycles. The fraction of sp³-hybridized carbons (Fsp3) is 0.533. The number of rotatable bonds is 6. The summed E-state index contributed by atoms with van der Waals surface area (Å²) in [7, 11) is 0. The number of para-hydroxylation sites is 1. The molecule has 3 nitrogen and oxygen atoms in total. The fourth-order valence-electron chi connectivity index (χ4n) is 2.40. The summed E-state index contributed by atoms with van der Waals surface area (Å²) < 4.78 is 0.